The van der Waals surface area contributed by atoms with Gasteiger partial charge in [0.25, 0.3) is 0 Å². The number of nitrogens with one attached hydrogen (secondary N) is 1. The van der Waals surface area contributed by atoms with Gasteiger partial charge >= 0.3 is 0 Å². The summed E-state index contributed by atoms with van der Waals surface area (Å²) in [5.74, 6) is 0.0797. The summed E-state index contributed by atoms with van der Waals surface area (Å²) in [6.45, 7) is 6.51. The van der Waals surface area contributed by atoms with Crippen molar-refractivity contribution in [2.75, 3.05) is 6.54 Å². The number of carbonyl (C=O) groups is 1. The summed E-state index contributed by atoms with van der Waals surface area (Å²) >= 11 is 0. The van der Waals surface area contributed by atoms with E-state index in [4.69, 9.17) is 5.73 Å². The van der Waals surface area contributed by atoms with Crippen LogP contribution in [0, 0.1) is 5.92 Å². The predicted molar refractivity (Wildman–Crippen MR) is 67.5 cm³/mol. The summed E-state index contributed by atoms with van der Waals surface area (Å²) in [5, 5.41) is 12.6. The van der Waals surface area contributed by atoms with Crippen LogP contribution in [-0.2, 0) is 10.3 Å². The van der Waals surface area contributed by atoms with Crippen molar-refractivity contribution in [3.63, 3.8) is 0 Å². The second kappa shape index (κ2) is 5.19. The van der Waals surface area contributed by atoms with E-state index in [9.17, 15) is 9.90 Å². The Balaban J connectivity index is 3.03. The van der Waals surface area contributed by atoms with E-state index in [0.29, 0.717) is 18.0 Å². The molecule has 0 heterocycles. The van der Waals surface area contributed by atoms with Crippen molar-refractivity contribution in [2.45, 2.75) is 26.3 Å². The molecule has 1 unspecified atom stereocenters. The molecule has 1 aromatic carbocycles. The van der Waals surface area contributed by atoms with E-state index < -0.39 is 11.4 Å². The van der Waals surface area contributed by atoms with Gasteiger partial charge in [-0.3, -0.25) is 10.1 Å². The van der Waals surface area contributed by atoms with Gasteiger partial charge in [-0.05, 0) is 37.1 Å². The van der Waals surface area contributed by atoms with E-state index >= 15 is 0 Å². The third-order valence-corrected chi connectivity index (χ3v) is 2.78. The first kappa shape index (κ1) is 13.5. The van der Waals surface area contributed by atoms with Gasteiger partial charge < -0.3 is 10.8 Å². The molecule has 0 aliphatic carbocycles. The van der Waals surface area contributed by atoms with Crippen LogP contribution in [-0.4, -0.2) is 17.6 Å². The average molecular weight is 236 g/mol. The second-order valence-electron chi connectivity index (χ2n) is 4.81. The van der Waals surface area contributed by atoms with E-state index in [0.717, 1.165) is 0 Å². The third kappa shape index (κ3) is 3.20. The van der Waals surface area contributed by atoms with Crippen molar-refractivity contribution in [3.8, 4) is 5.75 Å². The first-order chi connectivity index (χ1) is 7.86. The van der Waals surface area contributed by atoms with Gasteiger partial charge in [-0.1, -0.05) is 26.0 Å². The number of primary amides is 1. The van der Waals surface area contributed by atoms with Crippen molar-refractivity contribution in [2.24, 2.45) is 11.7 Å². The van der Waals surface area contributed by atoms with E-state index in [-0.39, 0.29) is 5.75 Å². The minimum Gasteiger partial charge on any atom is -0.508 e. The van der Waals surface area contributed by atoms with Gasteiger partial charge in [0.15, 0.2) is 0 Å². The summed E-state index contributed by atoms with van der Waals surface area (Å²) in [4.78, 5) is 11.6. The van der Waals surface area contributed by atoms with Gasteiger partial charge in [0, 0.05) is 0 Å². The molecule has 4 nitrogen and oxygen atoms in total. The van der Waals surface area contributed by atoms with E-state index in [1.165, 1.54) is 0 Å². The maximum Gasteiger partial charge on any atom is 0.242 e. The molecule has 1 atom stereocenters. The lowest BCUT2D eigenvalue weighted by molar-refractivity contribution is -0.124. The Kier molecular flexibility index (Phi) is 4.12. The molecular weight excluding hydrogens is 216 g/mol. The summed E-state index contributed by atoms with van der Waals surface area (Å²) in [6, 6.07) is 6.59. The molecule has 0 fully saturated rings. The molecule has 0 aromatic heterocycles. The molecule has 17 heavy (non-hydrogen) atoms. The largest absolute Gasteiger partial charge is 0.508 e. The van der Waals surface area contributed by atoms with Crippen LogP contribution >= 0.6 is 0 Å². The number of aromatic hydroxyl groups is 1. The highest BCUT2D eigenvalue weighted by Crippen LogP contribution is 2.24. The summed E-state index contributed by atoms with van der Waals surface area (Å²) in [7, 11) is 0. The van der Waals surface area contributed by atoms with Crippen LogP contribution in [0.25, 0.3) is 0 Å². The highest BCUT2D eigenvalue weighted by molar-refractivity contribution is 5.85. The van der Waals surface area contributed by atoms with Crippen molar-refractivity contribution in [1.29, 1.82) is 0 Å². The summed E-state index contributed by atoms with van der Waals surface area (Å²) < 4.78 is 0. The van der Waals surface area contributed by atoms with Crippen LogP contribution in [0.5, 0.6) is 5.75 Å². The van der Waals surface area contributed by atoms with Gasteiger partial charge in [0.1, 0.15) is 11.3 Å². The Labute approximate surface area is 102 Å². The molecule has 0 spiro atoms. The van der Waals surface area contributed by atoms with Gasteiger partial charge in [0.2, 0.25) is 5.91 Å². The zero-order chi connectivity index (χ0) is 13.1. The number of carbonyl (C=O) groups excluding carboxylic acids is 1. The fourth-order valence-corrected chi connectivity index (χ4v) is 1.56. The molecule has 0 radical (unpaired) electrons. The van der Waals surface area contributed by atoms with Crippen molar-refractivity contribution in [3.05, 3.63) is 29.8 Å². The summed E-state index contributed by atoms with van der Waals surface area (Å²) in [6.07, 6.45) is 0. The standard InChI is InChI=1S/C13H20N2O2/c1-9(2)8-15-13(3,12(14)17)10-5-4-6-11(16)7-10/h4-7,9,15-16H,8H2,1-3H3,(H2,14,17). The minimum absolute atomic E-state index is 0.126. The van der Waals surface area contributed by atoms with Gasteiger partial charge in [-0.25, -0.2) is 0 Å². The Morgan fingerprint density at radius 2 is 2.18 bits per heavy atom. The number of hydrogen-bond acceptors (Lipinski definition) is 3. The molecule has 0 bridgehead atoms. The Morgan fingerprint density at radius 3 is 2.65 bits per heavy atom. The molecule has 94 valence electrons. The van der Waals surface area contributed by atoms with Crippen molar-refractivity contribution < 1.29 is 9.90 Å². The Bertz CT molecular complexity index is 404. The number of benzene rings is 1. The first-order valence-corrected chi connectivity index (χ1v) is 5.70. The topological polar surface area (TPSA) is 75.3 Å². The van der Waals surface area contributed by atoms with E-state index in [1.807, 2.05) is 0 Å². The quantitative estimate of drug-likeness (QED) is 0.722. The van der Waals surface area contributed by atoms with Crippen molar-refractivity contribution >= 4 is 5.91 Å². The van der Waals surface area contributed by atoms with Gasteiger partial charge in [0.05, 0.1) is 0 Å². The highest BCUT2D eigenvalue weighted by Gasteiger charge is 2.32. The smallest absolute Gasteiger partial charge is 0.242 e. The Morgan fingerprint density at radius 1 is 1.53 bits per heavy atom. The third-order valence-electron chi connectivity index (χ3n) is 2.78. The zero-order valence-electron chi connectivity index (χ0n) is 10.5. The zero-order valence-corrected chi connectivity index (χ0v) is 10.5. The monoisotopic (exact) mass is 236 g/mol. The molecule has 0 saturated heterocycles. The molecule has 0 aliphatic heterocycles. The van der Waals surface area contributed by atoms with Crippen LogP contribution in [0.4, 0.5) is 0 Å². The molecule has 4 heteroatoms. The molecule has 4 N–H and O–H groups in total. The van der Waals surface area contributed by atoms with Crippen LogP contribution in [0.1, 0.15) is 26.3 Å². The lowest BCUT2D eigenvalue weighted by Gasteiger charge is -2.29. The first-order valence-electron chi connectivity index (χ1n) is 5.70. The number of hydrogen-bond donors (Lipinski definition) is 3. The number of phenolic OH excluding ortho intramolecular Hbond substituents is 1. The molecule has 1 aromatic rings. The van der Waals surface area contributed by atoms with Crippen LogP contribution in [0.2, 0.25) is 0 Å². The lowest BCUT2D eigenvalue weighted by Crippen LogP contribution is -2.51. The number of phenols is 1. The lowest BCUT2D eigenvalue weighted by atomic mass is 9.90. The molecule has 0 saturated carbocycles. The molecule has 0 aliphatic rings. The predicted octanol–water partition coefficient (Wildman–Crippen LogP) is 1.34. The maximum atomic E-state index is 11.6. The number of nitrogens with two attached hydrogens (primary N) is 1. The maximum absolute atomic E-state index is 11.6. The van der Waals surface area contributed by atoms with Crippen molar-refractivity contribution in [1.82, 2.24) is 5.32 Å². The molecule has 1 amide bonds. The number of rotatable bonds is 5. The normalized spacial score (nSPS) is 14.6. The van der Waals surface area contributed by atoms with Crippen LogP contribution in [0.3, 0.4) is 0 Å². The second-order valence-corrected chi connectivity index (χ2v) is 4.81. The summed E-state index contributed by atoms with van der Waals surface area (Å²) in [5.41, 5.74) is 5.17. The highest BCUT2D eigenvalue weighted by atomic mass is 16.3. The van der Waals surface area contributed by atoms with Gasteiger partial charge in [-0.2, -0.15) is 0 Å². The minimum atomic E-state index is -0.955. The van der Waals surface area contributed by atoms with E-state index in [1.54, 1.807) is 31.2 Å². The fraction of sp³-hybridized carbons (Fsp3) is 0.462. The average Bonchev–Trinajstić information content (AvgIpc) is 2.25. The van der Waals surface area contributed by atoms with Crippen LogP contribution in [0.15, 0.2) is 24.3 Å². The number of amides is 1. The SMILES string of the molecule is CC(C)CNC(C)(C(N)=O)c1cccc(O)c1. The Hall–Kier alpha value is -1.55. The molecular formula is C13H20N2O2. The van der Waals surface area contributed by atoms with E-state index in [2.05, 4.69) is 19.2 Å². The van der Waals surface area contributed by atoms with Gasteiger partial charge in [-0.15, -0.1) is 0 Å². The van der Waals surface area contributed by atoms with Crippen LogP contribution < -0.4 is 11.1 Å². The molecule has 1 rings (SSSR count). The fourth-order valence-electron chi connectivity index (χ4n) is 1.56.